The molecule has 5 heteroatoms. The minimum Gasteiger partial charge on any atom is -0.507 e. The lowest BCUT2D eigenvalue weighted by molar-refractivity contribution is -0.130. The van der Waals surface area contributed by atoms with Gasteiger partial charge in [-0.3, -0.25) is 15.1 Å². The molecule has 2 aliphatic rings. The number of hydrogen-bond acceptors (Lipinski definition) is 4. The summed E-state index contributed by atoms with van der Waals surface area (Å²) in [6.07, 6.45) is 2.26. The highest BCUT2D eigenvalue weighted by Crippen LogP contribution is 2.36. The Hall–Kier alpha value is -2.66. The van der Waals surface area contributed by atoms with E-state index in [2.05, 4.69) is 17.4 Å². The van der Waals surface area contributed by atoms with Crippen LogP contribution in [0.25, 0.3) is 0 Å². The zero-order valence-corrected chi connectivity index (χ0v) is 15.6. The van der Waals surface area contributed by atoms with Gasteiger partial charge in [-0.15, -0.1) is 0 Å². The van der Waals surface area contributed by atoms with Crippen molar-refractivity contribution in [1.82, 2.24) is 10.2 Å². The summed E-state index contributed by atoms with van der Waals surface area (Å²) in [4.78, 5) is 18.7. The fourth-order valence-corrected chi connectivity index (χ4v) is 4.13. The van der Waals surface area contributed by atoms with Gasteiger partial charge in [-0.05, 0) is 17.7 Å². The predicted octanol–water partition coefficient (Wildman–Crippen LogP) is 3.25. The number of para-hydroxylation sites is 1. The van der Waals surface area contributed by atoms with Crippen LogP contribution in [0.4, 0.5) is 0 Å². The number of carbonyl (C=O) groups is 1. The van der Waals surface area contributed by atoms with Crippen molar-refractivity contribution in [2.45, 2.75) is 37.9 Å². The zero-order chi connectivity index (χ0) is 18.9. The van der Waals surface area contributed by atoms with E-state index < -0.39 is 5.66 Å². The van der Waals surface area contributed by atoms with Gasteiger partial charge in [-0.1, -0.05) is 42.5 Å². The van der Waals surface area contributed by atoms with Crippen molar-refractivity contribution in [2.75, 3.05) is 13.1 Å². The number of hydrogen-bond donors (Lipinski definition) is 2. The second-order valence-corrected chi connectivity index (χ2v) is 7.43. The minimum atomic E-state index is -0.400. The van der Waals surface area contributed by atoms with Gasteiger partial charge in [0.25, 0.3) is 0 Å². The molecule has 2 aromatic carbocycles. The Kier molecular flexibility index (Phi) is 4.70. The molecule has 1 saturated heterocycles. The van der Waals surface area contributed by atoms with Gasteiger partial charge in [0.05, 0.1) is 0 Å². The molecule has 2 aromatic rings. The van der Waals surface area contributed by atoms with Crippen molar-refractivity contribution >= 4 is 11.6 Å². The van der Waals surface area contributed by atoms with E-state index in [-0.39, 0.29) is 17.7 Å². The Morgan fingerprint density at radius 2 is 1.78 bits per heavy atom. The summed E-state index contributed by atoms with van der Waals surface area (Å²) < 4.78 is 0. The number of aliphatic imine (C=N–C) groups is 1. The Morgan fingerprint density at radius 1 is 1.11 bits per heavy atom. The molecule has 1 spiro atoms. The first-order valence-corrected chi connectivity index (χ1v) is 9.52. The molecule has 0 aliphatic carbocycles. The van der Waals surface area contributed by atoms with E-state index in [0.717, 1.165) is 30.5 Å². The van der Waals surface area contributed by atoms with Gasteiger partial charge in [0.15, 0.2) is 0 Å². The molecule has 0 aromatic heterocycles. The van der Waals surface area contributed by atoms with Crippen molar-refractivity contribution < 1.29 is 9.90 Å². The largest absolute Gasteiger partial charge is 0.507 e. The van der Waals surface area contributed by atoms with E-state index >= 15 is 0 Å². The topological polar surface area (TPSA) is 64.9 Å². The molecule has 1 atom stereocenters. The van der Waals surface area contributed by atoms with Gasteiger partial charge in [0.2, 0.25) is 5.91 Å². The number of aromatic hydroxyl groups is 1. The molecule has 0 unspecified atom stereocenters. The molecule has 4 rings (SSSR count). The second-order valence-electron chi connectivity index (χ2n) is 7.43. The zero-order valence-electron chi connectivity index (χ0n) is 15.6. The van der Waals surface area contributed by atoms with Gasteiger partial charge in [0, 0.05) is 56.6 Å². The SMILES string of the molecule is CC(=O)N1CCC2(CC1)N=C(c1ccccc1O)C[C@H](c1ccccc1)N2. The van der Waals surface area contributed by atoms with Crippen LogP contribution in [0.2, 0.25) is 0 Å². The van der Waals surface area contributed by atoms with E-state index in [4.69, 9.17) is 4.99 Å². The van der Waals surface area contributed by atoms with Crippen LogP contribution in [0, 0.1) is 0 Å². The van der Waals surface area contributed by atoms with Crippen LogP contribution in [-0.2, 0) is 4.79 Å². The standard InChI is InChI=1S/C22H25N3O2/c1-16(26)25-13-11-22(12-14-25)23-19(17-7-3-2-4-8-17)15-20(24-22)18-9-5-6-10-21(18)27/h2-10,19,23,27H,11-15H2,1H3/t19-/m1/s1. The van der Waals surface area contributed by atoms with E-state index in [1.807, 2.05) is 41.3 Å². The molecule has 0 bridgehead atoms. The van der Waals surface area contributed by atoms with Gasteiger partial charge >= 0.3 is 0 Å². The van der Waals surface area contributed by atoms with Crippen molar-refractivity contribution in [3.8, 4) is 5.75 Å². The molecule has 0 saturated carbocycles. The van der Waals surface area contributed by atoms with Crippen molar-refractivity contribution in [3.05, 3.63) is 65.7 Å². The summed E-state index contributed by atoms with van der Waals surface area (Å²) in [6, 6.07) is 17.9. The van der Waals surface area contributed by atoms with Gasteiger partial charge < -0.3 is 10.0 Å². The Morgan fingerprint density at radius 3 is 2.44 bits per heavy atom. The number of carbonyl (C=O) groups excluding carboxylic acids is 1. The molecule has 5 nitrogen and oxygen atoms in total. The quantitative estimate of drug-likeness (QED) is 0.861. The number of amides is 1. The molecular formula is C22H25N3O2. The maximum Gasteiger partial charge on any atom is 0.219 e. The van der Waals surface area contributed by atoms with Crippen LogP contribution in [-0.4, -0.2) is 40.4 Å². The van der Waals surface area contributed by atoms with E-state index in [1.54, 1.807) is 13.0 Å². The first-order chi connectivity index (χ1) is 13.1. The Bertz CT molecular complexity index is 855. The average molecular weight is 363 g/mol. The van der Waals surface area contributed by atoms with Crippen molar-refractivity contribution in [3.63, 3.8) is 0 Å². The third kappa shape index (κ3) is 3.60. The maximum atomic E-state index is 11.7. The van der Waals surface area contributed by atoms with E-state index in [1.165, 1.54) is 5.56 Å². The third-order valence-corrected chi connectivity index (χ3v) is 5.64. The highest BCUT2D eigenvalue weighted by molar-refractivity contribution is 6.03. The molecule has 1 fully saturated rings. The van der Waals surface area contributed by atoms with Crippen LogP contribution < -0.4 is 5.32 Å². The summed E-state index contributed by atoms with van der Waals surface area (Å²) in [5.41, 5.74) is 2.54. The molecule has 2 heterocycles. The highest BCUT2D eigenvalue weighted by atomic mass is 16.3. The second kappa shape index (κ2) is 7.16. The van der Waals surface area contributed by atoms with Gasteiger partial charge in [-0.2, -0.15) is 0 Å². The first kappa shape index (κ1) is 17.7. The lowest BCUT2D eigenvalue weighted by atomic mass is 9.87. The molecule has 140 valence electrons. The van der Waals surface area contributed by atoms with Crippen LogP contribution in [0.15, 0.2) is 59.6 Å². The fourth-order valence-electron chi connectivity index (χ4n) is 4.13. The van der Waals surface area contributed by atoms with Gasteiger partial charge in [-0.25, -0.2) is 0 Å². The summed E-state index contributed by atoms with van der Waals surface area (Å²) >= 11 is 0. The lowest BCUT2D eigenvalue weighted by Gasteiger charge is -2.45. The van der Waals surface area contributed by atoms with Crippen LogP contribution in [0.3, 0.4) is 0 Å². The van der Waals surface area contributed by atoms with E-state index in [9.17, 15) is 9.90 Å². The minimum absolute atomic E-state index is 0.116. The molecule has 2 aliphatic heterocycles. The summed E-state index contributed by atoms with van der Waals surface area (Å²) in [7, 11) is 0. The van der Waals surface area contributed by atoms with Crippen molar-refractivity contribution in [2.24, 2.45) is 4.99 Å². The van der Waals surface area contributed by atoms with Crippen LogP contribution >= 0.6 is 0 Å². The van der Waals surface area contributed by atoms with E-state index in [0.29, 0.717) is 13.1 Å². The monoisotopic (exact) mass is 363 g/mol. The summed E-state index contributed by atoms with van der Waals surface area (Å²) in [5, 5.41) is 14.1. The van der Waals surface area contributed by atoms with Gasteiger partial charge in [0.1, 0.15) is 11.4 Å². The number of rotatable bonds is 2. The predicted molar refractivity (Wildman–Crippen MR) is 106 cm³/mol. The summed E-state index contributed by atoms with van der Waals surface area (Å²) in [6.45, 7) is 3.01. The van der Waals surface area contributed by atoms with Crippen molar-refractivity contribution in [1.29, 1.82) is 0 Å². The first-order valence-electron chi connectivity index (χ1n) is 9.52. The normalized spacial score (nSPS) is 21.7. The smallest absolute Gasteiger partial charge is 0.219 e. The summed E-state index contributed by atoms with van der Waals surface area (Å²) in [5.74, 6) is 0.381. The number of benzene rings is 2. The molecule has 1 amide bonds. The lowest BCUT2D eigenvalue weighted by Crippen LogP contribution is -2.56. The molecule has 27 heavy (non-hydrogen) atoms. The third-order valence-electron chi connectivity index (χ3n) is 5.64. The number of phenolic OH excluding ortho intramolecular Hbond substituents is 1. The number of phenols is 1. The molecule has 0 radical (unpaired) electrons. The Balaban J connectivity index is 1.70. The van der Waals surface area contributed by atoms with Crippen LogP contribution in [0.5, 0.6) is 5.75 Å². The number of likely N-dealkylation sites (tertiary alicyclic amines) is 1. The number of nitrogens with zero attached hydrogens (tertiary/aromatic N) is 2. The van der Waals surface area contributed by atoms with Crippen LogP contribution in [0.1, 0.15) is 43.4 Å². The fraction of sp³-hybridized carbons (Fsp3) is 0.364. The maximum absolute atomic E-state index is 11.7. The highest BCUT2D eigenvalue weighted by Gasteiger charge is 2.40. The average Bonchev–Trinajstić information content (AvgIpc) is 2.69. The number of nitrogens with one attached hydrogen (secondary N) is 1. The molecule has 2 N–H and O–H groups in total. The number of piperidine rings is 1. The molecular weight excluding hydrogens is 338 g/mol. The Labute approximate surface area is 159 Å².